The molecule has 21 heavy (non-hydrogen) atoms. The number of methoxy groups -OCH3 is 2. The number of hydrogen-bond acceptors (Lipinski definition) is 4. The Balaban J connectivity index is 2.84. The summed E-state index contributed by atoms with van der Waals surface area (Å²) in [7, 11) is 3.18. The first-order valence-corrected chi connectivity index (χ1v) is 7.18. The highest BCUT2D eigenvalue weighted by atomic mass is 16.5. The van der Waals surface area contributed by atoms with Crippen LogP contribution in [0.15, 0.2) is 18.2 Å². The summed E-state index contributed by atoms with van der Waals surface area (Å²) in [6.07, 6.45) is 1.69. The molecule has 2 unspecified atom stereocenters. The van der Waals surface area contributed by atoms with Crippen LogP contribution in [0.3, 0.4) is 0 Å². The lowest BCUT2D eigenvalue weighted by atomic mass is 10.0. The number of benzene rings is 1. The van der Waals surface area contributed by atoms with Gasteiger partial charge >= 0.3 is 5.97 Å². The molecular weight excluding hydrogens is 270 g/mol. The summed E-state index contributed by atoms with van der Waals surface area (Å²) in [5.74, 6) is 0.537. The van der Waals surface area contributed by atoms with Crippen LogP contribution in [0, 0.1) is 0 Å². The van der Waals surface area contributed by atoms with Crippen molar-refractivity contribution in [3.63, 3.8) is 0 Å². The van der Waals surface area contributed by atoms with Crippen molar-refractivity contribution in [3.05, 3.63) is 23.8 Å². The molecule has 5 heteroatoms. The van der Waals surface area contributed by atoms with Gasteiger partial charge < -0.3 is 19.9 Å². The molecule has 118 valence electrons. The van der Waals surface area contributed by atoms with Crippen LogP contribution < -0.4 is 14.8 Å². The first-order chi connectivity index (χ1) is 9.99. The predicted octanol–water partition coefficient (Wildman–Crippen LogP) is 2.48. The SMILES string of the molecule is CCC(C)NC(CC(=O)O)Cc1ccc(OC)c(OC)c1. The molecule has 0 fully saturated rings. The van der Waals surface area contributed by atoms with Crippen molar-refractivity contribution in [2.75, 3.05) is 14.2 Å². The van der Waals surface area contributed by atoms with Crippen LogP contribution in [0.25, 0.3) is 0 Å². The largest absolute Gasteiger partial charge is 0.493 e. The van der Waals surface area contributed by atoms with E-state index in [2.05, 4.69) is 19.2 Å². The highest BCUT2D eigenvalue weighted by molar-refractivity contribution is 5.67. The van der Waals surface area contributed by atoms with Crippen molar-refractivity contribution in [1.29, 1.82) is 0 Å². The third kappa shape index (κ3) is 5.63. The quantitative estimate of drug-likeness (QED) is 0.732. The summed E-state index contributed by atoms with van der Waals surface area (Å²) < 4.78 is 10.5. The topological polar surface area (TPSA) is 67.8 Å². The van der Waals surface area contributed by atoms with Crippen LogP contribution >= 0.6 is 0 Å². The van der Waals surface area contributed by atoms with Gasteiger partial charge in [0.05, 0.1) is 20.6 Å². The van der Waals surface area contributed by atoms with Crippen molar-refractivity contribution in [1.82, 2.24) is 5.32 Å². The lowest BCUT2D eigenvalue weighted by molar-refractivity contribution is -0.137. The molecule has 2 atom stereocenters. The molecule has 0 aliphatic rings. The average Bonchev–Trinajstić information content (AvgIpc) is 2.46. The zero-order valence-corrected chi connectivity index (χ0v) is 13.2. The van der Waals surface area contributed by atoms with E-state index in [-0.39, 0.29) is 18.5 Å². The van der Waals surface area contributed by atoms with E-state index in [1.54, 1.807) is 14.2 Å². The number of aliphatic carboxylic acids is 1. The van der Waals surface area contributed by atoms with Crippen LogP contribution in [0.1, 0.15) is 32.3 Å². The van der Waals surface area contributed by atoms with E-state index >= 15 is 0 Å². The second kappa shape index (κ2) is 8.52. The van der Waals surface area contributed by atoms with E-state index in [1.807, 2.05) is 18.2 Å². The average molecular weight is 295 g/mol. The standard InChI is InChI=1S/C16H25NO4/c1-5-11(2)17-13(10-16(18)19)8-12-6-7-14(20-3)15(9-12)21-4/h6-7,9,11,13,17H,5,8,10H2,1-4H3,(H,18,19). The zero-order valence-electron chi connectivity index (χ0n) is 13.2. The van der Waals surface area contributed by atoms with Gasteiger partial charge in [0.2, 0.25) is 0 Å². The molecule has 0 radical (unpaired) electrons. The number of rotatable bonds is 9. The molecule has 5 nitrogen and oxygen atoms in total. The van der Waals surface area contributed by atoms with E-state index in [9.17, 15) is 4.79 Å². The Bertz CT molecular complexity index is 462. The molecule has 0 aromatic heterocycles. The van der Waals surface area contributed by atoms with Gasteiger partial charge in [-0.15, -0.1) is 0 Å². The van der Waals surface area contributed by atoms with Gasteiger partial charge in [-0.3, -0.25) is 4.79 Å². The van der Waals surface area contributed by atoms with Crippen LogP contribution in [-0.4, -0.2) is 37.4 Å². The fourth-order valence-corrected chi connectivity index (χ4v) is 2.21. The highest BCUT2D eigenvalue weighted by Gasteiger charge is 2.16. The Morgan fingerprint density at radius 3 is 2.48 bits per heavy atom. The van der Waals surface area contributed by atoms with Crippen LogP contribution in [-0.2, 0) is 11.2 Å². The van der Waals surface area contributed by atoms with Crippen molar-refractivity contribution in [2.24, 2.45) is 0 Å². The summed E-state index contributed by atoms with van der Waals surface area (Å²) in [5.41, 5.74) is 1.02. The maximum Gasteiger partial charge on any atom is 0.304 e. The molecule has 0 aliphatic carbocycles. The molecule has 0 spiro atoms. The number of carboxylic acids is 1. The maximum atomic E-state index is 11.0. The zero-order chi connectivity index (χ0) is 15.8. The maximum absolute atomic E-state index is 11.0. The second-order valence-electron chi connectivity index (χ2n) is 5.16. The number of carbonyl (C=O) groups is 1. The predicted molar refractivity (Wildman–Crippen MR) is 82.2 cm³/mol. The van der Waals surface area contributed by atoms with Crippen molar-refractivity contribution < 1.29 is 19.4 Å². The summed E-state index contributed by atoms with van der Waals surface area (Å²) in [5, 5.41) is 12.4. The molecular formula is C16H25NO4. The minimum atomic E-state index is -0.795. The Morgan fingerprint density at radius 2 is 1.95 bits per heavy atom. The van der Waals surface area contributed by atoms with Crippen molar-refractivity contribution in [2.45, 2.75) is 45.2 Å². The smallest absolute Gasteiger partial charge is 0.304 e. The molecule has 2 N–H and O–H groups in total. The van der Waals surface area contributed by atoms with Crippen molar-refractivity contribution in [3.8, 4) is 11.5 Å². The van der Waals surface area contributed by atoms with Gasteiger partial charge in [-0.25, -0.2) is 0 Å². The lowest BCUT2D eigenvalue weighted by Crippen LogP contribution is -2.39. The molecule has 0 amide bonds. The van der Waals surface area contributed by atoms with E-state index in [0.717, 1.165) is 12.0 Å². The van der Waals surface area contributed by atoms with Gasteiger partial charge in [0, 0.05) is 12.1 Å². The van der Waals surface area contributed by atoms with Gasteiger partial charge in [0.15, 0.2) is 11.5 Å². The Kier molecular flexibility index (Phi) is 7.02. The summed E-state index contributed by atoms with van der Waals surface area (Å²) in [4.78, 5) is 11.0. The monoisotopic (exact) mass is 295 g/mol. The van der Waals surface area contributed by atoms with E-state index in [0.29, 0.717) is 17.9 Å². The van der Waals surface area contributed by atoms with Gasteiger partial charge in [-0.2, -0.15) is 0 Å². The Hall–Kier alpha value is -1.75. The molecule has 0 bridgehead atoms. The molecule has 0 saturated carbocycles. The molecule has 1 aromatic carbocycles. The van der Waals surface area contributed by atoms with Crippen LogP contribution in [0.2, 0.25) is 0 Å². The van der Waals surface area contributed by atoms with Crippen LogP contribution in [0.4, 0.5) is 0 Å². The fraction of sp³-hybridized carbons (Fsp3) is 0.562. The first kappa shape index (κ1) is 17.3. The molecule has 0 heterocycles. The van der Waals surface area contributed by atoms with Gasteiger partial charge in [0.1, 0.15) is 0 Å². The van der Waals surface area contributed by atoms with Gasteiger partial charge in [-0.1, -0.05) is 13.0 Å². The number of ether oxygens (including phenoxy) is 2. The molecule has 0 saturated heterocycles. The minimum Gasteiger partial charge on any atom is -0.493 e. The van der Waals surface area contributed by atoms with Gasteiger partial charge in [-0.05, 0) is 37.5 Å². The third-order valence-electron chi connectivity index (χ3n) is 3.48. The van der Waals surface area contributed by atoms with E-state index in [4.69, 9.17) is 14.6 Å². The summed E-state index contributed by atoms with van der Waals surface area (Å²) in [6.45, 7) is 4.13. The number of carboxylic acid groups (broad SMARTS) is 1. The summed E-state index contributed by atoms with van der Waals surface area (Å²) in [6, 6.07) is 5.86. The summed E-state index contributed by atoms with van der Waals surface area (Å²) >= 11 is 0. The van der Waals surface area contributed by atoms with E-state index in [1.165, 1.54) is 0 Å². The van der Waals surface area contributed by atoms with Gasteiger partial charge in [0.25, 0.3) is 0 Å². The molecule has 0 aliphatic heterocycles. The van der Waals surface area contributed by atoms with Crippen LogP contribution in [0.5, 0.6) is 11.5 Å². The highest BCUT2D eigenvalue weighted by Crippen LogP contribution is 2.28. The number of nitrogens with one attached hydrogen (secondary N) is 1. The van der Waals surface area contributed by atoms with Crippen molar-refractivity contribution >= 4 is 5.97 Å². The number of hydrogen-bond donors (Lipinski definition) is 2. The Morgan fingerprint density at radius 1 is 1.29 bits per heavy atom. The first-order valence-electron chi connectivity index (χ1n) is 7.18. The molecule has 1 rings (SSSR count). The lowest BCUT2D eigenvalue weighted by Gasteiger charge is -2.22. The normalized spacial score (nSPS) is 13.5. The minimum absolute atomic E-state index is 0.0959. The Labute approximate surface area is 126 Å². The molecule has 1 aromatic rings. The third-order valence-corrected chi connectivity index (χ3v) is 3.48. The fourth-order valence-electron chi connectivity index (χ4n) is 2.21. The van der Waals surface area contributed by atoms with E-state index < -0.39 is 5.97 Å². The second-order valence-corrected chi connectivity index (χ2v) is 5.16.